The number of nitrogens with one attached hydrogen (secondary N) is 1. The van der Waals surface area contributed by atoms with Crippen LogP contribution < -0.4 is 5.32 Å². The van der Waals surface area contributed by atoms with E-state index >= 15 is 0 Å². The van der Waals surface area contributed by atoms with Gasteiger partial charge in [0, 0.05) is 18.3 Å². The molecule has 2 aromatic rings. The van der Waals surface area contributed by atoms with E-state index in [4.69, 9.17) is 0 Å². The molecule has 1 N–H and O–H groups in total. The van der Waals surface area contributed by atoms with Crippen LogP contribution in [0.1, 0.15) is 26.2 Å². The average molecular weight is 268 g/mol. The minimum absolute atomic E-state index is 0.613. The van der Waals surface area contributed by atoms with Crippen LogP contribution in [0.25, 0.3) is 10.8 Å². The molecule has 0 saturated carbocycles. The average Bonchev–Trinajstić information content (AvgIpc) is 2.53. The third kappa shape index (κ3) is 3.13. The number of anilines is 1. The number of fused-ring (bicyclic) bond motifs is 1. The molecule has 1 aliphatic rings. The van der Waals surface area contributed by atoms with Gasteiger partial charge in [0.15, 0.2) is 0 Å². The van der Waals surface area contributed by atoms with E-state index in [1.807, 2.05) is 0 Å². The lowest BCUT2D eigenvalue weighted by Crippen LogP contribution is -2.41. The quantitative estimate of drug-likeness (QED) is 0.897. The van der Waals surface area contributed by atoms with Crippen molar-refractivity contribution < 1.29 is 0 Å². The summed E-state index contributed by atoms with van der Waals surface area (Å²) in [6.07, 6.45) is 4.13. The lowest BCUT2D eigenvalue weighted by atomic mass is 10.1. The largest absolute Gasteiger partial charge is 0.383 e. The van der Waals surface area contributed by atoms with Crippen LogP contribution >= 0.6 is 0 Å². The van der Waals surface area contributed by atoms with Gasteiger partial charge in [0.25, 0.3) is 0 Å². The summed E-state index contributed by atoms with van der Waals surface area (Å²) >= 11 is 0. The molecule has 0 bridgehead atoms. The predicted octanol–water partition coefficient (Wildman–Crippen LogP) is 4.13. The fourth-order valence-electron chi connectivity index (χ4n) is 3.05. The van der Waals surface area contributed by atoms with Gasteiger partial charge in [-0.05, 0) is 55.8 Å². The minimum Gasteiger partial charge on any atom is -0.383 e. The molecular formula is C18H24N2. The Bertz CT molecular complexity index is 558. The zero-order valence-electron chi connectivity index (χ0n) is 12.3. The molecule has 1 fully saturated rings. The fourth-order valence-corrected chi connectivity index (χ4v) is 3.05. The van der Waals surface area contributed by atoms with Crippen molar-refractivity contribution in [3.05, 3.63) is 42.5 Å². The first-order chi connectivity index (χ1) is 9.83. The van der Waals surface area contributed by atoms with E-state index in [1.54, 1.807) is 0 Å². The summed E-state index contributed by atoms with van der Waals surface area (Å²) in [6, 6.07) is 15.8. The topological polar surface area (TPSA) is 15.3 Å². The fraction of sp³-hybridized carbons (Fsp3) is 0.444. The molecule has 0 aromatic heterocycles. The molecule has 2 nitrogen and oxygen atoms in total. The van der Waals surface area contributed by atoms with Crippen molar-refractivity contribution in [1.29, 1.82) is 0 Å². The van der Waals surface area contributed by atoms with Crippen molar-refractivity contribution in [1.82, 2.24) is 4.90 Å². The molecule has 20 heavy (non-hydrogen) atoms. The highest BCUT2D eigenvalue weighted by Crippen LogP contribution is 2.19. The highest BCUT2D eigenvalue weighted by molar-refractivity contribution is 5.85. The second-order valence-electron chi connectivity index (χ2n) is 5.89. The highest BCUT2D eigenvalue weighted by Gasteiger charge is 2.16. The molecule has 1 aliphatic heterocycles. The summed E-state index contributed by atoms with van der Waals surface area (Å²) in [5.74, 6) is 0. The summed E-state index contributed by atoms with van der Waals surface area (Å²) in [4.78, 5) is 2.61. The molecule has 1 atom stereocenters. The molecule has 2 aromatic carbocycles. The number of nitrogens with zero attached hydrogens (tertiary/aromatic N) is 1. The summed E-state index contributed by atoms with van der Waals surface area (Å²) in [5.41, 5.74) is 1.23. The van der Waals surface area contributed by atoms with E-state index in [9.17, 15) is 0 Å². The molecule has 0 aliphatic carbocycles. The summed E-state index contributed by atoms with van der Waals surface area (Å²) in [6.45, 7) is 5.89. The Balaban J connectivity index is 1.61. The van der Waals surface area contributed by atoms with Crippen molar-refractivity contribution in [2.75, 3.05) is 25.0 Å². The van der Waals surface area contributed by atoms with Crippen LogP contribution in [0.4, 0.5) is 5.69 Å². The summed E-state index contributed by atoms with van der Waals surface area (Å²) in [7, 11) is 0. The Morgan fingerprint density at radius 3 is 2.55 bits per heavy atom. The number of benzene rings is 2. The second kappa shape index (κ2) is 6.27. The lowest BCUT2D eigenvalue weighted by molar-refractivity contribution is 0.180. The highest BCUT2D eigenvalue weighted by atomic mass is 15.2. The van der Waals surface area contributed by atoms with Crippen molar-refractivity contribution in [2.45, 2.75) is 32.2 Å². The molecule has 0 radical (unpaired) electrons. The van der Waals surface area contributed by atoms with Gasteiger partial charge in [-0.15, -0.1) is 0 Å². The van der Waals surface area contributed by atoms with Crippen LogP contribution in [0.15, 0.2) is 42.5 Å². The first kappa shape index (κ1) is 13.4. The van der Waals surface area contributed by atoms with E-state index in [0.717, 1.165) is 6.54 Å². The van der Waals surface area contributed by atoms with Gasteiger partial charge in [0.2, 0.25) is 0 Å². The van der Waals surface area contributed by atoms with Gasteiger partial charge >= 0.3 is 0 Å². The lowest BCUT2D eigenvalue weighted by Gasteiger charge is -2.32. The second-order valence-corrected chi connectivity index (χ2v) is 5.89. The standard InChI is InChI=1S/C18H24N2/c1-15(20-11-5-2-6-12-20)14-19-18-10-9-16-7-3-4-8-17(16)13-18/h3-4,7-10,13,15,19H,2,5-6,11-12,14H2,1H3. The van der Waals surface area contributed by atoms with Crippen LogP contribution in [0.5, 0.6) is 0 Å². The summed E-state index contributed by atoms with van der Waals surface area (Å²) in [5, 5.41) is 6.21. The first-order valence-electron chi connectivity index (χ1n) is 7.80. The normalized spacial score (nSPS) is 18.1. The smallest absolute Gasteiger partial charge is 0.0347 e. The van der Waals surface area contributed by atoms with Crippen molar-refractivity contribution in [2.24, 2.45) is 0 Å². The first-order valence-corrected chi connectivity index (χ1v) is 7.80. The van der Waals surface area contributed by atoms with Gasteiger partial charge in [-0.3, -0.25) is 4.90 Å². The van der Waals surface area contributed by atoms with Gasteiger partial charge in [0.1, 0.15) is 0 Å². The van der Waals surface area contributed by atoms with Crippen LogP contribution in [0.3, 0.4) is 0 Å². The molecule has 1 unspecified atom stereocenters. The Morgan fingerprint density at radius 1 is 1.00 bits per heavy atom. The molecule has 2 heteroatoms. The van der Waals surface area contributed by atoms with E-state index in [-0.39, 0.29) is 0 Å². The van der Waals surface area contributed by atoms with Gasteiger partial charge in [0.05, 0.1) is 0 Å². The third-order valence-corrected chi connectivity index (χ3v) is 4.37. The van der Waals surface area contributed by atoms with Crippen LogP contribution in [0.2, 0.25) is 0 Å². The summed E-state index contributed by atoms with van der Waals surface area (Å²) < 4.78 is 0. The van der Waals surface area contributed by atoms with Crippen molar-refractivity contribution >= 4 is 16.5 Å². The Labute approximate surface area is 121 Å². The molecule has 0 amide bonds. The zero-order chi connectivity index (χ0) is 13.8. The van der Waals surface area contributed by atoms with Gasteiger partial charge in [-0.1, -0.05) is 36.8 Å². The zero-order valence-corrected chi connectivity index (χ0v) is 12.3. The van der Waals surface area contributed by atoms with Gasteiger partial charge in [-0.25, -0.2) is 0 Å². The van der Waals surface area contributed by atoms with Crippen LogP contribution in [-0.2, 0) is 0 Å². The third-order valence-electron chi connectivity index (χ3n) is 4.37. The van der Waals surface area contributed by atoms with Crippen LogP contribution in [-0.4, -0.2) is 30.6 Å². The molecule has 1 saturated heterocycles. The maximum absolute atomic E-state index is 3.59. The van der Waals surface area contributed by atoms with E-state index in [0.29, 0.717) is 6.04 Å². The monoisotopic (exact) mass is 268 g/mol. The predicted molar refractivity (Wildman–Crippen MR) is 87.3 cm³/mol. The molecular weight excluding hydrogens is 244 g/mol. The number of rotatable bonds is 4. The molecule has 0 spiro atoms. The van der Waals surface area contributed by atoms with Crippen molar-refractivity contribution in [3.8, 4) is 0 Å². The van der Waals surface area contributed by atoms with Crippen LogP contribution in [0, 0.1) is 0 Å². The number of likely N-dealkylation sites (tertiary alicyclic amines) is 1. The number of hydrogen-bond acceptors (Lipinski definition) is 2. The van der Waals surface area contributed by atoms with E-state index in [2.05, 4.69) is 59.6 Å². The van der Waals surface area contributed by atoms with Crippen molar-refractivity contribution in [3.63, 3.8) is 0 Å². The SMILES string of the molecule is CC(CNc1ccc2ccccc2c1)N1CCCCC1. The Morgan fingerprint density at radius 2 is 1.75 bits per heavy atom. The van der Waals surface area contributed by atoms with E-state index in [1.165, 1.54) is 48.8 Å². The van der Waals surface area contributed by atoms with Gasteiger partial charge < -0.3 is 5.32 Å². The van der Waals surface area contributed by atoms with Gasteiger partial charge in [-0.2, -0.15) is 0 Å². The molecule has 106 valence electrons. The maximum atomic E-state index is 3.59. The minimum atomic E-state index is 0.613. The number of hydrogen-bond donors (Lipinski definition) is 1. The molecule has 3 rings (SSSR count). The maximum Gasteiger partial charge on any atom is 0.0347 e. The molecule has 1 heterocycles. The van der Waals surface area contributed by atoms with E-state index < -0.39 is 0 Å². The number of piperidine rings is 1. The Hall–Kier alpha value is -1.54. The Kier molecular flexibility index (Phi) is 4.22.